The molecule has 18 heavy (non-hydrogen) atoms. The number of ketones is 1. The SMILES string of the molecule is O=C(Cc1ccccc1Br)c1cc(F)cc(F)c1. The molecule has 0 bridgehead atoms. The summed E-state index contributed by atoms with van der Waals surface area (Å²) in [6.45, 7) is 0. The molecule has 0 aliphatic rings. The average Bonchev–Trinajstić information content (AvgIpc) is 2.31. The summed E-state index contributed by atoms with van der Waals surface area (Å²) in [5.74, 6) is -1.81. The van der Waals surface area contributed by atoms with Crippen LogP contribution in [0.2, 0.25) is 0 Å². The van der Waals surface area contributed by atoms with Crippen LogP contribution in [0.1, 0.15) is 15.9 Å². The smallest absolute Gasteiger partial charge is 0.167 e. The van der Waals surface area contributed by atoms with Crippen molar-refractivity contribution in [3.63, 3.8) is 0 Å². The molecule has 0 saturated carbocycles. The molecule has 0 unspecified atom stereocenters. The first-order chi connectivity index (χ1) is 8.56. The Morgan fingerprint density at radius 1 is 1.06 bits per heavy atom. The first-order valence-corrected chi connectivity index (χ1v) is 6.08. The zero-order valence-corrected chi connectivity index (χ0v) is 10.9. The molecule has 0 N–H and O–H groups in total. The van der Waals surface area contributed by atoms with Gasteiger partial charge in [-0.3, -0.25) is 4.79 Å². The molecule has 2 aromatic carbocycles. The Labute approximate surface area is 112 Å². The number of rotatable bonds is 3. The van der Waals surface area contributed by atoms with Gasteiger partial charge >= 0.3 is 0 Å². The number of Topliss-reactive ketones (excluding diaryl/α,β-unsaturated/α-hetero) is 1. The average molecular weight is 311 g/mol. The van der Waals surface area contributed by atoms with Crippen LogP contribution in [0, 0.1) is 11.6 Å². The van der Waals surface area contributed by atoms with E-state index in [2.05, 4.69) is 15.9 Å². The van der Waals surface area contributed by atoms with Gasteiger partial charge in [0.25, 0.3) is 0 Å². The van der Waals surface area contributed by atoms with Crippen molar-refractivity contribution in [3.05, 3.63) is 69.7 Å². The largest absolute Gasteiger partial charge is 0.294 e. The number of hydrogen-bond acceptors (Lipinski definition) is 1. The minimum atomic E-state index is -0.745. The summed E-state index contributed by atoms with van der Waals surface area (Å²) in [6, 6.07) is 10.1. The molecular formula is C14H9BrF2O. The first-order valence-electron chi connectivity index (χ1n) is 5.29. The second kappa shape index (κ2) is 5.40. The Morgan fingerprint density at radius 3 is 2.28 bits per heavy atom. The lowest BCUT2D eigenvalue weighted by molar-refractivity contribution is 0.0992. The highest BCUT2D eigenvalue weighted by atomic mass is 79.9. The van der Waals surface area contributed by atoms with Gasteiger partial charge in [0, 0.05) is 22.5 Å². The third-order valence-electron chi connectivity index (χ3n) is 2.49. The second-order valence-electron chi connectivity index (χ2n) is 3.85. The molecule has 0 aliphatic heterocycles. The van der Waals surface area contributed by atoms with Crippen molar-refractivity contribution >= 4 is 21.7 Å². The van der Waals surface area contributed by atoms with Gasteiger partial charge in [0.1, 0.15) is 11.6 Å². The van der Waals surface area contributed by atoms with Crippen molar-refractivity contribution in [1.82, 2.24) is 0 Å². The molecule has 1 nitrogen and oxygen atoms in total. The van der Waals surface area contributed by atoms with Gasteiger partial charge in [0.05, 0.1) is 0 Å². The van der Waals surface area contributed by atoms with Crippen molar-refractivity contribution in [2.45, 2.75) is 6.42 Å². The fourth-order valence-electron chi connectivity index (χ4n) is 1.63. The van der Waals surface area contributed by atoms with Gasteiger partial charge in [0.2, 0.25) is 0 Å². The lowest BCUT2D eigenvalue weighted by atomic mass is 10.0. The van der Waals surface area contributed by atoms with Gasteiger partial charge < -0.3 is 0 Å². The molecule has 2 rings (SSSR count). The Bertz CT molecular complexity index is 576. The van der Waals surface area contributed by atoms with Gasteiger partial charge in [-0.15, -0.1) is 0 Å². The number of carbonyl (C=O) groups excluding carboxylic acids is 1. The second-order valence-corrected chi connectivity index (χ2v) is 4.70. The van der Waals surface area contributed by atoms with E-state index in [1.807, 2.05) is 12.1 Å². The molecule has 4 heteroatoms. The van der Waals surface area contributed by atoms with Crippen LogP contribution in [0.25, 0.3) is 0 Å². The summed E-state index contributed by atoms with van der Waals surface area (Å²) in [4.78, 5) is 11.9. The van der Waals surface area contributed by atoms with Crippen LogP contribution in [0.4, 0.5) is 8.78 Å². The monoisotopic (exact) mass is 310 g/mol. The van der Waals surface area contributed by atoms with E-state index in [1.165, 1.54) is 0 Å². The van der Waals surface area contributed by atoms with E-state index in [0.717, 1.165) is 28.2 Å². The van der Waals surface area contributed by atoms with Crippen molar-refractivity contribution in [2.24, 2.45) is 0 Å². The van der Waals surface area contributed by atoms with Crippen molar-refractivity contribution in [2.75, 3.05) is 0 Å². The summed E-state index contributed by atoms with van der Waals surface area (Å²) in [5.41, 5.74) is 0.829. The minimum Gasteiger partial charge on any atom is -0.294 e. The van der Waals surface area contributed by atoms with Gasteiger partial charge in [-0.1, -0.05) is 34.1 Å². The van der Waals surface area contributed by atoms with E-state index in [1.54, 1.807) is 12.1 Å². The quantitative estimate of drug-likeness (QED) is 0.778. The zero-order valence-electron chi connectivity index (χ0n) is 9.29. The molecule has 0 aromatic heterocycles. The van der Waals surface area contributed by atoms with E-state index in [0.29, 0.717) is 0 Å². The highest BCUT2D eigenvalue weighted by molar-refractivity contribution is 9.10. The summed E-state index contributed by atoms with van der Waals surface area (Å²) in [6.07, 6.45) is 0.102. The molecule has 0 fully saturated rings. The van der Waals surface area contributed by atoms with Crippen LogP contribution < -0.4 is 0 Å². The number of carbonyl (C=O) groups is 1. The number of benzene rings is 2. The lowest BCUT2D eigenvalue weighted by Crippen LogP contribution is -2.05. The molecule has 0 spiro atoms. The van der Waals surface area contributed by atoms with Gasteiger partial charge in [0.15, 0.2) is 5.78 Å². The minimum absolute atomic E-state index is 0.0447. The van der Waals surface area contributed by atoms with E-state index in [4.69, 9.17) is 0 Å². The van der Waals surface area contributed by atoms with E-state index < -0.39 is 11.6 Å². The number of hydrogen-bond donors (Lipinski definition) is 0. The highest BCUT2D eigenvalue weighted by Gasteiger charge is 2.11. The van der Waals surface area contributed by atoms with Gasteiger partial charge in [-0.2, -0.15) is 0 Å². The van der Waals surface area contributed by atoms with Crippen molar-refractivity contribution < 1.29 is 13.6 Å². The highest BCUT2D eigenvalue weighted by Crippen LogP contribution is 2.18. The first kappa shape index (κ1) is 12.9. The maximum atomic E-state index is 13.0. The Balaban J connectivity index is 2.25. The summed E-state index contributed by atoms with van der Waals surface area (Å²) >= 11 is 3.33. The molecular weight excluding hydrogens is 302 g/mol. The lowest BCUT2D eigenvalue weighted by Gasteiger charge is -2.04. The van der Waals surface area contributed by atoms with Crippen LogP contribution in [0.3, 0.4) is 0 Å². The van der Waals surface area contributed by atoms with Crippen LogP contribution in [0.15, 0.2) is 46.9 Å². The molecule has 0 amide bonds. The maximum Gasteiger partial charge on any atom is 0.167 e. The fraction of sp³-hybridized carbons (Fsp3) is 0.0714. The van der Waals surface area contributed by atoms with E-state index in [-0.39, 0.29) is 17.8 Å². The van der Waals surface area contributed by atoms with Crippen LogP contribution in [0.5, 0.6) is 0 Å². The number of halogens is 3. The van der Waals surface area contributed by atoms with Crippen LogP contribution in [-0.2, 0) is 6.42 Å². The van der Waals surface area contributed by atoms with Crippen molar-refractivity contribution in [3.8, 4) is 0 Å². The van der Waals surface area contributed by atoms with E-state index >= 15 is 0 Å². The van der Waals surface area contributed by atoms with E-state index in [9.17, 15) is 13.6 Å². The molecule has 92 valence electrons. The fourth-order valence-corrected chi connectivity index (χ4v) is 2.06. The standard InChI is InChI=1S/C14H9BrF2O/c15-13-4-2-1-3-9(13)7-14(18)10-5-11(16)8-12(17)6-10/h1-6,8H,7H2. The van der Waals surface area contributed by atoms with Crippen molar-refractivity contribution in [1.29, 1.82) is 0 Å². The van der Waals surface area contributed by atoms with Gasteiger partial charge in [-0.05, 0) is 23.8 Å². The normalized spacial score (nSPS) is 10.4. The summed E-state index contributed by atoms with van der Waals surface area (Å²) in [7, 11) is 0. The van der Waals surface area contributed by atoms with Crippen LogP contribution >= 0.6 is 15.9 Å². The molecule has 2 aromatic rings. The topological polar surface area (TPSA) is 17.1 Å². The molecule has 0 saturated heterocycles. The Kier molecular flexibility index (Phi) is 3.87. The van der Waals surface area contributed by atoms with Gasteiger partial charge in [-0.25, -0.2) is 8.78 Å². The predicted molar refractivity (Wildman–Crippen MR) is 68.5 cm³/mol. The molecule has 0 aliphatic carbocycles. The summed E-state index contributed by atoms with van der Waals surface area (Å²) < 4.78 is 26.8. The molecule has 0 radical (unpaired) electrons. The third-order valence-corrected chi connectivity index (χ3v) is 3.27. The maximum absolute atomic E-state index is 13.0. The third kappa shape index (κ3) is 3.01. The molecule has 0 atom stereocenters. The molecule has 0 heterocycles. The Morgan fingerprint density at radius 2 is 1.67 bits per heavy atom. The Hall–Kier alpha value is -1.55. The summed E-state index contributed by atoms with van der Waals surface area (Å²) in [5, 5.41) is 0. The zero-order chi connectivity index (χ0) is 13.1. The van der Waals surface area contributed by atoms with Crippen LogP contribution in [-0.4, -0.2) is 5.78 Å². The predicted octanol–water partition coefficient (Wildman–Crippen LogP) is 4.15.